The Hall–Kier alpha value is -0.790. The zero-order valence-electron chi connectivity index (χ0n) is 10.9. The maximum atomic E-state index is 12.2. The minimum absolute atomic E-state index is 0.0684. The number of fused-ring (bicyclic) bond motifs is 2. The molecule has 3 aliphatic rings. The normalized spacial score (nSPS) is 41.6. The van der Waals surface area contributed by atoms with Gasteiger partial charge in [0.15, 0.2) is 0 Å². The lowest BCUT2D eigenvalue weighted by Crippen LogP contribution is -2.44. The van der Waals surface area contributed by atoms with Crippen molar-refractivity contribution in [1.82, 2.24) is 0 Å². The van der Waals surface area contributed by atoms with Crippen LogP contribution in [0.1, 0.15) is 58.8 Å². The van der Waals surface area contributed by atoms with E-state index in [2.05, 4.69) is 13.8 Å². The van der Waals surface area contributed by atoms with Gasteiger partial charge in [0.1, 0.15) is 5.78 Å². The second-order valence-corrected chi connectivity index (χ2v) is 6.20. The maximum absolute atomic E-state index is 12.2. The van der Waals surface area contributed by atoms with Crippen LogP contribution >= 0.6 is 0 Å². The molecule has 0 radical (unpaired) electrons. The molecule has 1 fully saturated rings. The van der Waals surface area contributed by atoms with Gasteiger partial charge in [0.2, 0.25) is 0 Å². The van der Waals surface area contributed by atoms with Gasteiger partial charge in [0, 0.05) is 18.3 Å². The molecule has 0 bridgehead atoms. The molecule has 94 valence electrons. The van der Waals surface area contributed by atoms with E-state index in [-0.39, 0.29) is 5.41 Å². The van der Waals surface area contributed by atoms with Crippen molar-refractivity contribution in [2.75, 3.05) is 0 Å². The summed E-state index contributed by atoms with van der Waals surface area (Å²) in [4.78, 5) is 12.2. The fourth-order valence-corrected chi connectivity index (χ4v) is 3.97. The van der Waals surface area contributed by atoms with Gasteiger partial charge in [0.25, 0.3) is 0 Å². The summed E-state index contributed by atoms with van der Waals surface area (Å²) < 4.78 is 5.99. The Bertz CT molecular complexity index is 382. The Morgan fingerprint density at radius 3 is 2.88 bits per heavy atom. The van der Waals surface area contributed by atoms with Crippen LogP contribution in [-0.2, 0) is 9.53 Å². The number of Topliss-reactive ketones (excluding diaryl/α,β-unsaturated/α-hetero) is 1. The Kier molecular flexibility index (Phi) is 2.57. The van der Waals surface area contributed by atoms with E-state index < -0.39 is 0 Å². The van der Waals surface area contributed by atoms with Crippen molar-refractivity contribution in [3.8, 4) is 0 Å². The van der Waals surface area contributed by atoms with Gasteiger partial charge in [-0.15, -0.1) is 0 Å². The number of rotatable bonds is 0. The third-order valence-electron chi connectivity index (χ3n) is 5.12. The number of allylic oxidation sites excluding steroid dienone is 2. The number of hydrogen-bond acceptors (Lipinski definition) is 2. The minimum Gasteiger partial charge on any atom is -0.495 e. The maximum Gasteiger partial charge on any atom is 0.139 e. The van der Waals surface area contributed by atoms with Crippen LogP contribution in [-0.4, -0.2) is 11.9 Å². The summed E-state index contributed by atoms with van der Waals surface area (Å²) in [6, 6.07) is 0. The molecule has 3 rings (SSSR count). The van der Waals surface area contributed by atoms with Crippen LogP contribution in [0, 0.1) is 11.3 Å². The zero-order valence-corrected chi connectivity index (χ0v) is 10.9. The van der Waals surface area contributed by atoms with Gasteiger partial charge in [-0.05, 0) is 50.5 Å². The molecule has 1 aliphatic heterocycles. The first-order valence-corrected chi connectivity index (χ1v) is 7.03. The number of ether oxygens (including phenoxy) is 1. The zero-order chi connectivity index (χ0) is 12.0. The van der Waals surface area contributed by atoms with E-state index in [0.717, 1.165) is 38.5 Å². The van der Waals surface area contributed by atoms with Gasteiger partial charge >= 0.3 is 0 Å². The first-order chi connectivity index (χ1) is 8.11. The molecule has 1 saturated carbocycles. The van der Waals surface area contributed by atoms with Crippen molar-refractivity contribution >= 4 is 5.78 Å². The molecule has 0 aromatic rings. The van der Waals surface area contributed by atoms with Gasteiger partial charge in [-0.2, -0.15) is 0 Å². The summed E-state index contributed by atoms with van der Waals surface area (Å²) in [6.07, 6.45) is 7.71. The van der Waals surface area contributed by atoms with E-state index in [1.165, 1.54) is 17.8 Å². The summed E-state index contributed by atoms with van der Waals surface area (Å²) >= 11 is 0. The fraction of sp³-hybridized carbons (Fsp3) is 0.800. The van der Waals surface area contributed by atoms with Crippen molar-refractivity contribution < 1.29 is 9.53 Å². The average molecular weight is 234 g/mol. The largest absolute Gasteiger partial charge is 0.495 e. The van der Waals surface area contributed by atoms with Crippen LogP contribution in [0.4, 0.5) is 0 Å². The van der Waals surface area contributed by atoms with Crippen LogP contribution in [0.25, 0.3) is 0 Å². The molecule has 2 heteroatoms. The number of ketones is 1. The van der Waals surface area contributed by atoms with E-state index in [9.17, 15) is 4.79 Å². The van der Waals surface area contributed by atoms with Crippen molar-refractivity contribution in [3.63, 3.8) is 0 Å². The standard InChI is InChI=1S/C15H22O2/c1-10-6-7-11-12-4-3-5-14(16)15(12,2)9-8-13(11)17-10/h10,12H,3-9H2,1-2H3. The van der Waals surface area contributed by atoms with E-state index in [1.54, 1.807) is 0 Å². The molecule has 3 atom stereocenters. The Morgan fingerprint density at radius 1 is 1.24 bits per heavy atom. The first kappa shape index (κ1) is 11.3. The smallest absolute Gasteiger partial charge is 0.139 e. The van der Waals surface area contributed by atoms with Crippen LogP contribution in [0.2, 0.25) is 0 Å². The highest BCUT2D eigenvalue weighted by molar-refractivity contribution is 5.86. The van der Waals surface area contributed by atoms with E-state index in [0.29, 0.717) is 17.8 Å². The van der Waals surface area contributed by atoms with Gasteiger partial charge in [-0.1, -0.05) is 6.92 Å². The molecule has 1 heterocycles. The molecule has 2 aliphatic carbocycles. The first-order valence-electron chi connectivity index (χ1n) is 7.03. The van der Waals surface area contributed by atoms with E-state index >= 15 is 0 Å². The lowest BCUT2D eigenvalue weighted by molar-refractivity contribution is -0.134. The Morgan fingerprint density at radius 2 is 2.06 bits per heavy atom. The van der Waals surface area contributed by atoms with Crippen molar-refractivity contribution in [2.45, 2.75) is 64.9 Å². The molecule has 3 unspecified atom stereocenters. The molecule has 0 aromatic carbocycles. The lowest BCUT2D eigenvalue weighted by atomic mass is 9.58. The van der Waals surface area contributed by atoms with Crippen molar-refractivity contribution in [2.24, 2.45) is 11.3 Å². The highest BCUT2D eigenvalue weighted by Gasteiger charge is 2.48. The summed E-state index contributed by atoms with van der Waals surface area (Å²) in [5, 5.41) is 0. The topological polar surface area (TPSA) is 26.3 Å². The van der Waals surface area contributed by atoms with E-state index in [1.807, 2.05) is 0 Å². The van der Waals surface area contributed by atoms with Gasteiger partial charge in [0.05, 0.1) is 11.9 Å². The Labute approximate surface area is 103 Å². The predicted octanol–water partition coefficient (Wildman–Crippen LogP) is 3.61. The van der Waals surface area contributed by atoms with Gasteiger partial charge < -0.3 is 4.74 Å². The highest BCUT2D eigenvalue weighted by Crippen LogP contribution is 2.53. The van der Waals surface area contributed by atoms with Crippen molar-refractivity contribution in [3.05, 3.63) is 11.3 Å². The molecule has 0 N–H and O–H groups in total. The third kappa shape index (κ3) is 1.64. The summed E-state index contributed by atoms with van der Waals surface area (Å²) in [6.45, 7) is 4.35. The molecule has 0 amide bonds. The quantitative estimate of drug-likeness (QED) is 0.640. The van der Waals surface area contributed by atoms with Crippen LogP contribution in [0.15, 0.2) is 11.3 Å². The molecule has 17 heavy (non-hydrogen) atoms. The summed E-state index contributed by atoms with van der Waals surface area (Å²) in [5.74, 6) is 2.22. The molecular weight excluding hydrogens is 212 g/mol. The summed E-state index contributed by atoms with van der Waals surface area (Å²) in [5.41, 5.74) is 1.42. The SMILES string of the molecule is CC1CCC2=C(CCC3(C)C(=O)CCCC23)O1. The predicted molar refractivity (Wildman–Crippen MR) is 66.5 cm³/mol. The highest BCUT2D eigenvalue weighted by atomic mass is 16.5. The molecule has 2 nitrogen and oxygen atoms in total. The van der Waals surface area contributed by atoms with Crippen LogP contribution in [0.3, 0.4) is 0 Å². The number of hydrogen-bond donors (Lipinski definition) is 0. The van der Waals surface area contributed by atoms with Gasteiger partial charge in [-0.3, -0.25) is 4.79 Å². The molecule has 0 aromatic heterocycles. The summed E-state index contributed by atoms with van der Waals surface area (Å²) in [7, 11) is 0. The average Bonchev–Trinajstić information content (AvgIpc) is 2.31. The number of carbonyl (C=O) groups is 1. The third-order valence-corrected chi connectivity index (χ3v) is 5.12. The van der Waals surface area contributed by atoms with E-state index in [4.69, 9.17) is 4.74 Å². The molecule has 0 spiro atoms. The minimum atomic E-state index is -0.0684. The van der Waals surface area contributed by atoms with Crippen molar-refractivity contribution in [1.29, 1.82) is 0 Å². The van der Waals surface area contributed by atoms with Crippen LogP contribution < -0.4 is 0 Å². The molecule has 0 saturated heterocycles. The second kappa shape index (κ2) is 3.86. The van der Waals surface area contributed by atoms with Gasteiger partial charge in [-0.25, -0.2) is 0 Å². The number of carbonyl (C=O) groups excluding carboxylic acids is 1. The Balaban J connectivity index is 1.96. The lowest BCUT2D eigenvalue weighted by Gasteiger charge is -2.47. The second-order valence-electron chi connectivity index (χ2n) is 6.20. The van der Waals surface area contributed by atoms with Crippen LogP contribution in [0.5, 0.6) is 0 Å². The fourth-order valence-electron chi connectivity index (χ4n) is 3.97. The molecular formula is C15H22O2. The monoisotopic (exact) mass is 234 g/mol.